The van der Waals surface area contributed by atoms with Gasteiger partial charge in [-0.25, -0.2) is 0 Å². The summed E-state index contributed by atoms with van der Waals surface area (Å²) in [5.41, 5.74) is 2.08. The number of aromatic hydroxyl groups is 1. The van der Waals surface area contributed by atoms with Crippen LogP contribution in [-0.2, 0) is 13.0 Å². The van der Waals surface area contributed by atoms with E-state index in [2.05, 4.69) is 5.32 Å². The number of halogens is 1. The molecule has 21 heavy (non-hydrogen) atoms. The van der Waals surface area contributed by atoms with E-state index in [-0.39, 0.29) is 23.8 Å². The van der Waals surface area contributed by atoms with E-state index in [1.807, 2.05) is 24.3 Å². The highest BCUT2D eigenvalue weighted by Gasteiger charge is 2.11. The first-order valence-corrected chi connectivity index (χ1v) is 6.93. The quantitative estimate of drug-likeness (QED) is 0.795. The summed E-state index contributed by atoms with van der Waals surface area (Å²) in [4.78, 5) is 11.9. The first-order chi connectivity index (χ1) is 10.1. The predicted octanol–water partition coefficient (Wildman–Crippen LogP) is 2.51. The van der Waals surface area contributed by atoms with Crippen LogP contribution in [-0.4, -0.2) is 22.7 Å². The Morgan fingerprint density at radius 3 is 2.43 bits per heavy atom. The Morgan fingerprint density at radius 1 is 1.10 bits per heavy atom. The summed E-state index contributed by atoms with van der Waals surface area (Å²) in [5, 5.41) is 21.7. The molecule has 0 aliphatic heterocycles. The Kier molecular flexibility index (Phi) is 5.20. The average molecular weight is 306 g/mol. The molecule has 2 rings (SSSR count). The first kappa shape index (κ1) is 15.4. The summed E-state index contributed by atoms with van der Waals surface area (Å²) in [6, 6.07) is 11.9. The van der Waals surface area contributed by atoms with E-state index >= 15 is 0 Å². The van der Waals surface area contributed by atoms with Gasteiger partial charge in [0, 0.05) is 11.6 Å². The highest BCUT2D eigenvalue weighted by molar-refractivity contribution is 6.31. The summed E-state index contributed by atoms with van der Waals surface area (Å²) < 4.78 is 0. The maximum Gasteiger partial charge on any atom is 0.255 e. The molecule has 0 heterocycles. The fourth-order valence-electron chi connectivity index (χ4n) is 1.92. The Hall–Kier alpha value is -2.04. The predicted molar refractivity (Wildman–Crippen MR) is 81.5 cm³/mol. The maximum absolute atomic E-state index is 11.9. The largest absolute Gasteiger partial charge is 0.507 e. The van der Waals surface area contributed by atoms with Gasteiger partial charge in [-0.1, -0.05) is 35.9 Å². The molecule has 0 saturated heterocycles. The second kappa shape index (κ2) is 7.11. The number of aliphatic hydroxyl groups is 1. The maximum atomic E-state index is 11.9. The van der Waals surface area contributed by atoms with E-state index < -0.39 is 0 Å². The lowest BCUT2D eigenvalue weighted by molar-refractivity contribution is 0.0951. The highest BCUT2D eigenvalue weighted by Crippen LogP contribution is 2.21. The molecule has 0 spiro atoms. The van der Waals surface area contributed by atoms with Crippen LogP contribution in [0.3, 0.4) is 0 Å². The van der Waals surface area contributed by atoms with Crippen molar-refractivity contribution in [3.63, 3.8) is 0 Å². The fourth-order valence-corrected chi connectivity index (χ4v) is 2.09. The van der Waals surface area contributed by atoms with Crippen molar-refractivity contribution in [1.29, 1.82) is 0 Å². The van der Waals surface area contributed by atoms with E-state index in [4.69, 9.17) is 16.7 Å². The van der Waals surface area contributed by atoms with Gasteiger partial charge in [0.05, 0.1) is 12.2 Å². The molecular weight excluding hydrogens is 290 g/mol. The van der Waals surface area contributed by atoms with Gasteiger partial charge in [-0.05, 0) is 35.7 Å². The number of carbonyl (C=O) groups is 1. The number of aliphatic hydroxyl groups excluding tert-OH is 1. The lowest BCUT2D eigenvalue weighted by Gasteiger charge is -2.07. The van der Waals surface area contributed by atoms with Crippen LogP contribution in [0.15, 0.2) is 42.5 Å². The van der Waals surface area contributed by atoms with Crippen LogP contribution in [0.2, 0.25) is 5.02 Å². The summed E-state index contributed by atoms with van der Waals surface area (Å²) in [7, 11) is 0. The third kappa shape index (κ3) is 4.21. The molecule has 5 heteroatoms. The van der Waals surface area contributed by atoms with Gasteiger partial charge in [-0.15, -0.1) is 0 Å². The first-order valence-electron chi connectivity index (χ1n) is 6.55. The zero-order valence-electron chi connectivity index (χ0n) is 11.3. The third-order valence-corrected chi connectivity index (χ3v) is 3.34. The number of amides is 1. The number of phenolic OH excluding ortho intramolecular Hbond substituents is 1. The summed E-state index contributed by atoms with van der Waals surface area (Å²) in [6.07, 6.45) is 0.665. The van der Waals surface area contributed by atoms with Crippen molar-refractivity contribution < 1.29 is 15.0 Å². The number of phenols is 1. The van der Waals surface area contributed by atoms with Crippen molar-refractivity contribution in [2.24, 2.45) is 0 Å². The van der Waals surface area contributed by atoms with Crippen LogP contribution >= 0.6 is 11.6 Å². The van der Waals surface area contributed by atoms with Gasteiger partial charge in [0.15, 0.2) is 0 Å². The van der Waals surface area contributed by atoms with E-state index in [0.29, 0.717) is 18.0 Å². The summed E-state index contributed by atoms with van der Waals surface area (Å²) >= 11 is 5.81. The minimum Gasteiger partial charge on any atom is -0.507 e. The molecule has 4 nitrogen and oxygen atoms in total. The monoisotopic (exact) mass is 305 g/mol. The molecule has 0 saturated carbocycles. The molecule has 3 N–H and O–H groups in total. The third-order valence-electron chi connectivity index (χ3n) is 3.11. The highest BCUT2D eigenvalue weighted by atomic mass is 35.5. The molecule has 0 radical (unpaired) electrons. The summed E-state index contributed by atoms with van der Waals surface area (Å²) in [5.74, 6) is -0.453. The van der Waals surface area contributed by atoms with Crippen molar-refractivity contribution in [2.45, 2.75) is 13.0 Å². The summed E-state index contributed by atoms with van der Waals surface area (Å²) in [6.45, 7) is 0.467. The number of hydrogen-bond donors (Lipinski definition) is 3. The average Bonchev–Trinajstić information content (AvgIpc) is 2.50. The lowest BCUT2D eigenvalue weighted by atomic mass is 10.1. The Labute approximate surface area is 128 Å². The van der Waals surface area contributed by atoms with E-state index in [9.17, 15) is 9.90 Å². The van der Waals surface area contributed by atoms with Gasteiger partial charge in [0.1, 0.15) is 5.75 Å². The van der Waals surface area contributed by atoms with Crippen LogP contribution in [0.1, 0.15) is 21.5 Å². The van der Waals surface area contributed by atoms with E-state index in [0.717, 1.165) is 11.1 Å². The van der Waals surface area contributed by atoms with Crippen molar-refractivity contribution in [1.82, 2.24) is 5.32 Å². The molecule has 110 valence electrons. The minimum absolute atomic E-state index is 0.0189. The van der Waals surface area contributed by atoms with Crippen LogP contribution < -0.4 is 5.32 Å². The number of benzene rings is 2. The minimum atomic E-state index is -0.359. The van der Waals surface area contributed by atoms with Gasteiger partial charge in [0.25, 0.3) is 5.91 Å². The molecule has 2 aromatic carbocycles. The second-order valence-corrected chi connectivity index (χ2v) is 5.08. The lowest BCUT2D eigenvalue weighted by Crippen LogP contribution is -2.25. The molecule has 1 amide bonds. The van der Waals surface area contributed by atoms with Crippen molar-refractivity contribution in [2.75, 3.05) is 6.54 Å². The zero-order valence-corrected chi connectivity index (χ0v) is 12.1. The van der Waals surface area contributed by atoms with Gasteiger partial charge < -0.3 is 15.5 Å². The van der Waals surface area contributed by atoms with Gasteiger partial charge in [-0.2, -0.15) is 0 Å². The Balaban J connectivity index is 1.90. The van der Waals surface area contributed by atoms with Crippen molar-refractivity contribution >= 4 is 17.5 Å². The number of carbonyl (C=O) groups excluding carboxylic acids is 1. The molecule has 0 aromatic heterocycles. The normalized spacial score (nSPS) is 10.4. The molecule has 0 unspecified atom stereocenters. The van der Waals surface area contributed by atoms with Gasteiger partial charge >= 0.3 is 0 Å². The van der Waals surface area contributed by atoms with Gasteiger partial charge in [-0.3, -0.25) is 4.79 Å². The Bertz CT molecular complexity index is 626. The number of rotatable bonds is 5. The smallest absolute Gasteiger partial charge is 0.255 e. The molecule has 0 aliphatic carbocycles. The van der Waals surface area contributed by atoms with Crippen LogP contribution in [0.5, 0.6) is 5.75 Å². The van der Waals surface area contributed by atoms with Crippen LogP contribution in [0, 0.1) is 0 Å². The SMILES string of the molecule is O=C(NCCc1ccc(CO)cc1)c1cc(Cl)ccc1O. The second-order valence-electron chi connectivity index (χ2n) is 4.64. The van der Waals surface area contributed by atoms with Crippen molar-refractivity contribution in [3.05, 3.63) is 64.2 Å². The van der Waals surface area contributed by atoms with Gasteiger partial charge in [0.2, 0.25) is 0 Å². The zero-order chi connectivity index (χ0) is 15.2. The fraction of sp³-hybridized carbons (Fsp3) is 0.188. The molecule has 0 aliphatic rings. The molecular formula is C16H16ClNO3. The number of nitrogens with one attached hydrogen (secondary N) is 1. The van der Waals surface area contributed by atoms with E-state index in [1.165, 1.54) is 18.2 Å². The molecule has 0 bridgehead atoms. The van der Waals surface area contributed by atoms with Crippen molar-refractivity contribution in [3.8, 4) is 5.75 Å². The van der Waals surface area contributed by atoms with E-state index in [1.54, 1.807) is 0 Å². The van der Waals surface area contributed by atoms with Crippen LogP contribution in [0.25, 0.3) is 0 Å². The topological polar surface area (TPSA) is 69.6 Å². The molecule has 0 atom stereocenters. The standard InChI is InChI=1S/C16H16ClNO3/c17-13-5-6-15(20)14(9-13)16(21)18-8-7-11-1-3-12(10-19)4-2-11/h1-6,9,19-20H,7-8,10H2,(H,18,21). The Morgan fingerprint density at radius 2 is 1.76 bits per heavy atom. The van der Waals surface area contributed by atoms with Crippen LogP contribution in [0.4, 0.5) is 0 Å². The molecule has 2 aromatic rings. The molecule has 0 fully saturated rings. The number of hydrogen-bond acceptors (Lipinski definition) is 3.